The second kappa shape index (κ2) is 5.36. The average molecular weight is 277 g/mol. The molecule has 2 aromatic rings. The first-order valence-corrected chi connectivity index (χ1v) is 6.68. The molecule has 0 saturated carbocycles. The third kappa shape index (κ3) is 2.90. The number of carbonyl (C=O) groups is 1. The lowest BCUT2D eigenvalue weighted by molar-refractivity contribution is 0.0697. The summed E-state index contributed by atoms with van der Waals surface area (Å²) in [6, 6.07) is 3.30. The van der Waals surface area contributed by atoms with Gasteiger partial charge in [0, 0.05) is 17.6 Å². The van der Waals surface area contributed by atoms with Crippen LogP contribution in [0.25, 0.3) is 0 Å². The monoisotopic (exact) mass is 277 g/mol. The molecule has 2 heterocycles. The second-order valence-corrected chi connectivity index (χ2v) is 5.29. The molecule has 1 N–H and O–H groups in total. The zero-order chi connectivity index (χ0) is 14.0. The fourth-order valence-corrected chi connectivity index (χ4v) is 2.60. The van der Waals surface area contributed by atoms with Crippen LogP contribution in [0.2, 0.25) is 0 Å². The summed E-state index contributed by atoms with van der Waals surface area (Å²) in [5.41, 5.74) is 3.78. The van der Waals surface area contributed by atoms with E-state index in [9.17, 15) is 9.90 Å². The number of aromatic carboxylic acids is 1. The maximum absolute atomic E-state index is 11.2. The van der Waals surface area contributed by atoms with Gasteiger partial charge in [-0.2, -0.15) is 0 Å². The smallest absolute Gasteiger partial charge is 0.339 e. The maximum atomic E-state index is 11.2. The molecule has 0 aromatic carbocycles. The van der Waals surface area contributed by atoms with Crippen LogP contribution in [-0.2, 0) is 6.54 Å². The number of anilines is 1. The van der Waals surface area contributed by atoms with Crippen LogP contribution in [-0.4, -0.2) is 28.1 Å². The summed E-state index contributed by atoms with van der Waals surface area (Å²) >= 11 is 1.56. The molecule has 6 heteroatoms. The summed E-state index contributed by atoms with van der Waals surface area (Å²) in [4.78, 5) is 22.7. The summed E-state index contributed by atoms with van der Waals surface area (Å²) in [7, 11) is 1.84. The molecule has 0 fully saturated rings. The molecule has 5 nitrogen and oxygen atoms in total. The van der Waals surface area contributed by atoms with E-state index in [1.807, 2.05) is 25.8 Å². The van der Waals surface area contributed by atoms with Gasteiger partial charge >= 0.3 is 5.97 Å². The third-order valence-electron chi connectivity index (χ3n) is 2.83. The Kier molecular flexibility index (Phi) is 3.80. The van der Waals surface area contributed by atoms with Crippen LogP contribution in [0.4, 0.5) is 5.82 Å². The van der Waals surface area contributed by atoms with E-state index >= 15 is 0 Å². The number of rotatable bonds is 4. The lowest BCUT2D eigenvalue weighted by Crippen LogP contribution is -2.21. The molecule has 0 amide bonds. The highest BCUT2D eigenvalue weighted by molar-refractivity contribution is 7.09. The van der Waals surface area contributed by atoms with Crippen molar-refractivity contribution in [3.05, 3.63) is 39.5 Å². The summed E-state index contributed by atoms with van der Waals surface area (Å²) in [5, 5.41) is 9.21. The molecule has 0 spiro atoms. The van der Waals surface area contributed by atoms with Gasteiger partial charge in [-0.3, -0.25) is 0 Å². The Bertz CT molecular complexity index is 610. The van der Waals surface area contributed by atoms with Crippen molar-refractivity contribution in [3.63, 3.8) is 0 Å². The Morgan fingerprint density at radius 1 is 1.42 bits per heavy atom. The first-order chi connectivity index (χ1) is 8.99. The van der Waals surface area contributed by atoms with Gasteiger partial charge in [-0.1, -0.05) is 0 Å². The van der Waals surface area contributed by atoms with Gasteiger partial charge in [0.25, 0.3) is 0 Å². The summed E-state index contributed by atoms with van der Waals surface area (Å²) in [5.74, 6) is -0.476. The number of carboxylic acid groups (broad SMARTS) is 1. The Hall–Kier alpha value is -1.95. The van der Waals surface area contributed by atoms with E-state index in [2.05, 4.69) is 9.97 Å². The number of thiazole rings is 1. The number of hydrogen-bond donors (Lipinski definition) is 1. The Balaban J connectivity index is 2.32. The number of pyridine rings is 1. The largest absolute Gasteiger partial charge is 0.478 e. The van der Waals surface area contributed by atoms with Gasteiger partial charge in [0.05, 0.1) is 17.7 Å². The molecular formula is C13H15N3O2S. The lowest BCUT2D eigenvalue weighted by atomic mass is 10.2. The van der Waals surface area contributed by atoms with Crippen LogP contribution < -0.4 is 4.90 Å². The van der Waals surface area contributed by atoms with Crippen molar-refractivity contribution in [2.75, 3.05) is 11.9 Å². The zero-order valence-corrected chi connectivity index (χ0v) is 11.9. The molecule has 0 bridgehead atoms. The van der Waals surface area contributed by atoms with Crippen molar-refractivity contribution in [2.24, 2.45) is 0 Å². The first-order valence-electron chi connectivity index (χ1n) is 5.80. The normalized spacial score (nSPS) is 10.5. The van der Waals surface area contributed by atoms with Crippen molar-refractivity contribution in [2.45, 2.75) is 20.4 Å². The molecule has 0 aliphatic rings. The van der Waals surface area contributed by atoms with E-state index < -0.39 is 5.97 Å². The van der Waals surface area contributed by atoms with E-state index in [0.717, 1.165) is 16.3 Å². The van der Waals surface area contributed by atoms with Gasteiger partial charge in [-0.05, 0) is 26.0 Å². The standard InChI is InChI=1S/C13H15N3O2S/c1-8-4-5-10(13(17)18)12(15-8)16(3)6-11-9(2)14-7-19-11/h4-5,7H,6H2,1-3H3,(H,17,18). The van der Waals surface area contributed by atoms with Gasteiger partial charge in [-0.25, -0.2) is 14.8 Å². The lowest BCUT2D eigenvalue weighted by Gasteiger charge is -2.19. The molecule has 100 valence electrons. The van der Waals surface area contributed by atoms with E-state index in [0.29, 0.717) is 12.4 Å². The minimum atomic E-state index is -0.963. The number of aromatic nitrogens is 2. The van der Waals surface area contributed by atoms with Crippen LogP contribution >= 0.6 is 11.3 Å². The minimum absolute atomic E-state index is 0.218. The first kappa shape index (κ1) is 13.5. The summed E-state index contributed by atoms with van der Waals surface area (Å²) < 4.78 is 0. The van der Waals surface area contributed by atoms with Crippen molar-refractivity contribution in [3.8, 4) is 0 Å². The van der Waals surface area contributed by atoms with Crippen LogP contribution in [0.15, 0.2) is 17.6 Å². The molecule has 0 saturated heterocycles. The molecule has 19 heavy (non-hydrogen) atoms. The Labute approximate surface area is 115 Å². The molecule has 0 unspecified atom stereocenters. The SMILES string of the molecule is Cc1ccc(C(=O)O)c(N(C)Cc2scnc2C)n1. The van der Waals surface area contributed by atoms with Crippen molar-refractivity contribution < 1.29 is 9.90 Å². The maximum Gasteiger partial charge on any atom is 0.339 e. The molecule has 0 aliphatic carbocycles. The van der Waals surface area contributed by atoms with Crippen molar-refractivity contribution >= 4 is 23.1 Å². The number of nitrogens with zero attached hydrogens (tertiary/aromatic N) is 3. The fourth-order valence-electron chi connectivity index (χ4n) is 1.77. The fraction of sp³-hybridized carbons (Fsp3) is 0.308. The van der Waals surface area contributed by atoms with Gasteiger partial charge in [0.1, 0.15) is 11.4 Å². The highest BCUT2D eigenvalue weighted by Crippen LogP contribution is 2.22. The van der Waals surface area contributed by atoms with Crippen LogP contribution in [0, 0.1) is 13.8 Å². The minimum Gasteiger partial charge on any atom is -0.478 e. The third-order valence-corrected chi connectivity index (χ3v) is 3.75. The van der Waals surface area contributed by atoms with Crippen LogP contribution in [0.1, 0.15) is 26.6 Å². The summed E-state index contributed by atoms with van der Waals surface area (Å²) in [6.45, 7) is 4.40. The molecule has 0 radical (unpaired) electrons. The zero-order valence-electron chi connectivity index (χ0n) is 11.0. The van der Waals surface area contributed by atoms with E-state index in [1.54, 1.807) is 29.0 Å². The van der Waals surface area contributed by atoms with Gasteiger partial charge < -0.3 is 10.0 Å². The van der Waals surface area contributed by atoms with Gasteiger partial charge in [-0.15, -0.1) is 11.3 Å². The quantitative estimate of drug-likeness (QED) is 0.930. The second-order valence-electron chi connectivity index (χ2n) is 4.35. The highest BCUT2D eigenvalue weighted by Gasteiger charge is 2.16. The van der Waals surface area contributed by atoms with Crippen LogP contribution in [0.5, 0.6) is 0 Å². The predicted molar refractivity (Wildman–Crippen MR) is 74.9 cm³/mol. The van der Waals surface area contributed by atoms with Crippen molar-refractivity contribution in [1.82, 2.24) is 9.97 Å². The van der Waals surface area contributed by atoms with E-state index in [4.69, 9.17) is 0 Å². The Morgan fingerprint density at radius 3 is 2.74 bits per heavy atom. The molecule has 0 aliphatic heterocycles. The van der Waals surface area contributed by atoms with E-state index in [1.165, 1.54) is 0 Å². The molecule has 0 atom stereocenters. The van der Waals surface area contributed by atoms with Crippen molar-refractivity contribution in [1.29, 1.82) is 0 Å². The van der Waals surface area contributed by atoms with Gasteiger partial charge in [0.15, 0.2) is 0 Å². The van der Waals surface area contributed by atoms with Gasteiger partial charge in [0.2, 0.25) is 0 Å². The average Bonchev–Trinajstić information content (AvgIpc) is 2.74. The number of carboxylic acids is 1. The number of aryl methyl sites for hydroxylation is 2. The molecule has 2 rings (SSSR count). The highest BCUT2D eigenvalue weighted by atomic mass is 32.1. The molecular weight excluding hydrogens is 262 g/mol. The summed E-state index contributed by atoms with van der Waals surface area (Å²) in [6.07, 6.45) is 0. The molecule has 2 aromatic heterocycles. The topological polar surface area (TPSA) is 66.3 Å². The van der Waals surface area contributed by atoms with Crippen LogP contribution in [0.3, 0.4) is 0 Å². The number of hydrogen-bond acceptors (Lipinski definition) is 5. The predicted octanol–water partition coefficient (Wildman–Crippen LogP) is 2.49. The van der Waals surface area contributed by atoms with E-state index in [-0.39, 0.29) is 5.56 Å². The Morgan fingerprint density at radius 2 is 2.16 bits per heavy atom.